The third-order valence-electron chi connectivity index (χ3n) is 4.03. The molecule has 0 bridgehead atoms. The van der Waals surface area contributed by atoms with Crippen molar-refractivity contribution in [2.24, 2.45) is 0 Å². The van der Waals surface area contributed by atoms with Crippen molar-refractivity contribution < 1.29 is 23.7 Å². The summed E-state index contributed by atoms with van der Waals surface area (Å²) < 4.78 is 21.0. The highest BCUT2D eigenvalue weighted by Crippen LogP contribution is 2.32. The molecule has 0 spiro atoms. The molecule has 2 aromatic carbocycles. The van der Waals surface area contributed by atoms with E-state index < -0.39 is 5.91 Å². The van der Waals surface area contributed by atoms with E-state index in [1.807, 2.05) is 12.1 Å². The highest BCUT2D eigenvalue weighted by Gasteiger charge is 2.14. The van der Waals surface area contributed by atoms with Crippen LogP contribution in [0.1, 0.15) is 5.56 Å². The lowest BCUT2D eigenvalue weighted by molar-refractivity contribution is -0.117. The molecule has 0 unspecified atom stereocenters. The van der Waals surface area contributed by atoms with Crippen molar-refractivity contribution in [3.8, 4) is 29.1 Å². The van der Waals surface area contributed by atoms with Gasteiger partial charge in [-0.3, -0.25) is 4.79 Å². The Morgan fingerprint density at radius 3 is 2.75 bits per heavy atom. The van der Waals surface area contributed by atoms with E-state index in [2.05, 4.69) is 10.6 Å². The number of nitrogens with zero attached hydrogens (tertiary/aromatic N) is 1. The Balaban J connectivity index is 1.66. The first-order valence-corrected chi connectivity index (χ1v) is 8.40. The standard InChI is InChI=1S/C20H19N3O5/c1-25-15-4-6-17(26-2)16(8-15)22-11-14(9-21)20(24)23-10-13-3-5-18-19(7-13)28-12-27-18/h3-8,11,22H,10,12H2,1-2H3,(H,23,24)/b14-11-. The Labute approximate surface area is 162 Å². The zero-order chi connectivity index (χ0) is 19.9. The normalized spacial score (nSPS) is 12.1. The van der Waals surface area contributed by atoms with Gasteiger partial charge in [0, 0.05) is 18.8 Å². The Morgan fingerprint density at radius 2 is 2.00 bits per heavy atom. The van der Waals surface area contributed by atoms with Gasteiger partial charge < -0.3 is 29.6 Å². The minimum atomic E-state index is -0.505. The summed E-state index contributed by atoms with van der Waals surface area (Å²) in [6, 6.07) is 12.5. The molecule has 8 nitrogen and oxygen atoms in total. The molecular weight excluding hydrogens is 362 g/mol. The number of nitriles is 1. The number of carbonyl (C=O) groups is 1. The number of nitrogens with one attached hydrogen (secondary N) is 2. The van der Waals surface area contributed by atoms with E-state index in [4.69, 9.17) is 18.9 Å². The van der Waals surface area contributed by atoms with E-state index >= 15 is 0 Å². The first kappa shape index (κ1) is 18.9. The lowest BCUT2D eigenvalue weighted by Gasteiger charge is -2.10. The molecule has 0 radical (unpaired) electrons. The molecule has 0 saturated heterocycles. The van der Waals surface area contributed by atoms with E-state index in [9.17, 15) is 10.1 Å². The molecule has 0 aromatic heterocycles. The summed E-state index contributed by atoms with van der Waals surface area (Å²) in [4.78, 5) is 12.3. The summed E-state index contributed by atoms with van der Waals surface area (Å²) in [6.45, 7) is 0.433. The number of carbonyl (C=O) groups excluding carboxylic acids is 1. The van der Waals surface area contributed by atoms with Gasteiger partial charge in [0.15, 0.2) is 11.5 Å². The quantitative estimate of drug-likeness (QED) is 0.561. The third kappa shape index (κ3) is 4.27. The van der Waals surface area contributed by atoms with Crippen LogP contribution in [0.5, 0.6) is 23.0 Å². The summed E-state index contributed by atoms with van der Waals surface area (Å²) >= 11 is 0. The van der Waals surface area contributed by atoms with Crippen LogP contribution in [0.15, 0.2) is 48.2 Å². The summed E-state index contributed by atoms with van der Waals surface area (Å²) in [5.74, 6) is 1.96. The minimum absolute atomic E-state index is 0.0781. The first-order chi connectivity index (χ1) is 13.6. The van der Waals surface area contributed by atoms with Crippen molar-refractivity contribution >= 4 is 11.6 Å². The predicted octanol–water partition coefficient (Wildman–Crippen LogP) is 2.57. The molecule has 144 valence electrons. The fourth-order valence-electron chi connectivity index (χ4n) is 2.55. The number of amides is 1. The van der Waals surface area contributed by atoms with Crippen LogP contribution in [-0.2, 0) is 11.3 Å². The molecule has 1 aliphatic heterocycles. The Hall–Kier alpha value is -3.86. The summed E-state index contributed by atoms with van der Waals surface area (Å²) in [5.41, 5.74) is 1.32. The molecule has 2 N–H and O–H groups in total. The third-order valence-corrected chi connectivity index (χ3v) is 4.03. The van der Waals surface area contributed by atoms with Crippen LogP contribution in [0.2, 0.25) is 0 Å². The number of hydrogen-bond donors (Lipinski definition) is 2. The van der Waals surface area contributed by atoms with Gasteiger partial charge in [0.1, 0.15) is 23.1 Å². The molecule has 8 heteroatoms. The zero-order valence-corrected chi connectivity index (χ0v) is 15.4. The van der Waals surface area contributed by atoms with Crippen molar-refractivity contribution in [3.05, 3.63) is 53.7 Å². The SMILES string of the molecule is COc1ccc(OC)c(N/C=C(/C#N)C(=O)NCc2ccc3c(c2)OCO3)c1. The fourth-order valence-corrected chi connectivity index (χ4v) is 2.55. The molecule has 1 amide bonds. The largest absolute Gasteiger partial charge is 0.497 e. The van der Waals surface area contributed by atoms with Crippen molar-refractivity contribution in [2.75, 3.05) is 26.3 Å². The van der Waals surface area contributed by atoms with Crippen molar-refractivity contribution in [1.82, 2.24) is 5.32 Å². The van der Waals surface area contributed by atoms with Gasteiger partial charge in [0.05, 0.1) is 19.9 Å². The van der Waals surface area contributed by atoms with Gasteiger partial charge in [-0.25, -0.2) is 0 Å². The van der Waals surface area contributed by atoms with Crippen LogP contribution in [0.4, 0.5) is 5.69 Å². The van der Waals surface area contributed by atoms with Gasteiger partial charge in [-0.2, -0.15) is 5.26 Å². The maximum absolute atomic E-state index is 12.3. The molecular formula is C20H19N3O5. The fraction of sp³-hybridized carbons (Fsp3) is 0.200. The number of ether oxygens (including phenoxy) is 4. The summed E-state index contributed by atoms with van der Waals surface area (Å²) in [5, 5.41) is 14.9. The average molecular weight is 381 g/mol. The van der Waals surface area contributed by atoms with Gasteiger partial charge in [0.2, 0.25) is 6.79 Å². The average Bonchev–Trinajstić information content (AvgIpc) is 3.20. The van der Waals surface area contributed by atoms with Crippen LogP contribution in [-0.4, -0.2) is 26.9 Å². The molecule has 28 heavy (non-hydrogen) atoms. The Kier molecular flexibility index (Phi) is 5.87. The van der Waals surface area contributed by atoms with Gasteiger partial charge in [-0.1, -0.05) is 6.07 Å². The second-order valence-corrected chi connectivity index (χ2v) is 5.75. The molecule has 0 saturated carbocycles. The lowest BCUT2D eigenvalue weighted by atomic mass is 10.2. The molecule has 0 aliphatic carbocycles. The molecule has 1 heterocycles. The Bertz CT molecular complexity index is 949. The minimum Gasteiger partial charge on any atom is -0.497 e. The monoisotopic (exact) mass is 381 g/mol. The maximum Gasteiger partial charge on any atom is 0.263 e. The number of methoxy groups -OCH3 is 2. The van der Waals surface area contributed by atoms with Gasteiger partial charge in [-0.15, -0.1) is 0 Å². The van der Waals surface area contributed by atoms with Gasteiger partial charge in [-0.05, 0) is 29.8 Å². The van der Waals surface area contributed by atoms with E-state index in [-0.39, 0.29) is 18.9 Å². The number of benzene rings is 2. The van der Waals surface area contributed by atoms with Crippen LogP contribution in [0.25, 0.3) is 0 Å². The van der Waals surface area contributed by atoms with Crippen molar-refractivity contribution in [2.45, 2.75) is 6.54 Å². The van der Waals surface area contributed by atoms with E-state index in [1.54, 1.807) is 37.4 Å². The van der Waals surface area contributed by atoms with Crippen LogP contribution in [0.3, 0.4) is 0 Å². The molecule has 1 aliphatic rings. The molecule has 3 rings (SSSR count). The topological polar surface area (TPSA) is 102 Å². The van der Waals surface area contributed by atoms with E-state index in [0.717, 1.165) is 5.56 Å². The molecule has 0 atom stereocenters. The zero-order valence-electron chi connectivity index (χ0n) is 15.4. The second-order valence-electron chi connectivity index (χ2n) is 5.75. The van der Waals surface area contributed by atoms with Crippen molar-refractivity contribution in [3.63, 3.8) is 0 Å². The number of fused-ring (bicyclic) bond motifs is 1. The molecule has 2 aromatic rings. The lowest BCUT2D eigenvalue weighted by Crippen LogP contribution is -2.24. The number of hydrogen-bond acceptors (Lipinski definition) is 7. The first-order valence-electron chi connectivity index (χ1n) is 8.40. The smallest absolute Gasteiger partial charge is 0.263 e. The summed E-state index contributed by atoms with van der Waals surface area (Å²) in [7, 11) is 3.08. The van der Waals surface area contributed by atoms with E-state index in [0.29, 0.717) is 28.7 Å². The van der Waals surface area contributed by atoms with Crippen molar-refractivity contribution in [1.29, 1.82) is 5.26 Å². The van der Waals surface area contributed by atoms with Gasteiger partial charge >= 0.3 is 0 Å². The Morgan fingerprint density at radius 1 is 1.18 bits per heavy atom. The molecule has 0 fully saturated rings. The summed E-state index contributed by atoms with van der Waals surface area (Å²) in [6.07, 6.45) is 1.33. The highest BCUT2D eigenvalue weighted by molar-refractivity contribution is 5.97. The van der Waals surface area contributed by atoms with Crippen LogP contribution in [0, 0.1) is 11.3 Å². The number of anilines is 1. The number of rotatable bonds is 7. The maximum atomic E-state index is 12.3. The van der Waals surface area contributed by atoms with Gasteiger partial charge in [0.25, 0.3) is 5.91 Å². The highest BCUT2D eigenvalue weighted by atomic mass is 16.7. The predicted molar refractivity (Wildman–Crippen MR) is 101 cm³/mol. The van der Waals surface area contributed by atoms with Crippen LogP contribution >= 0.6 is 0 Å². The second kappa shape index (κ2) is 8.68. The van der Waals surface area contributed by atoms with Crippen LogP contribution < -0.4 is 29.6 Å². The van der Waals surface area contributed by atoms with E-state index in [1.165, 1.54) is 13.3 Å².